The Morgan fingerprint density at radius 1 is 0.758 bits per heavy atom. The van der Waals surface area contributed by atoms with Gasteiger partial charge in [-0.1, -0.05) is 56.7 Å². The van der Waals surface area contributed by atoms with Gasteiger partial charge in [0.2, 0.25) is 22.3 Å². The summed E-state index contributed by atoms with van der Waals surface area (Å²) < 4.78 is 99.0. The Bertz CT molecular complexity index is 3210. The maximum atomic E-state index is 13.1. The number of allylic oxidation sites excluding steroid dienone is 6. The van der Waals surface area contributed by atoms with Gasteiger partial charge in [-0.3, -0.25) is 14.4 Å². The third kappa shape index (κ3) is 9.59. The van der Waals surface area contributed by atoms with Crippen LogP contribution in [0.5, 0.6) is 0 Å². The van der Waals surface area contributed by atoms with Crippen LogP contribution in [-0.4, -0.2) is 92.7 Å². The van der Waals surface area contributed by atoms with Gasteiger partial charge < -0.3 is 18.8 Å². The highest BCUT2D eigenvalue weighted by Gasteiger charge is 2.46. The Morgan fingerprint density at radius 2 is 1.35 bits per heavy atom. The molecule has 0 unspecified atom stereocenters. The summed E-state index contributed by atoms with van der Waals surface area (Å²) in [4.78, 5) is 55.7. The highest BCUT2D eigenvalue weighted by atomic mass is 32.2. The molecule has 20 heteroatoms. The van der Waals surface area contributed by atoms with Crippen molar-refractivity contribution in [1.29, 1.82) is 0 Å². The van der Waals surface area contributed by atoms with E-state index in [9.17, 15) is 53.5 Å². The van der Waals surface area contributed by atoms with Crippen molar-refractivity contribution in [1.82, 2.24) is 9.79 Å². The van der Waals surface area contributed by atoms with Crippen LogP contribution < -0.4 is 9.62 Å². The first kappa shape index (κ1) is 47.9. The lowest BCUT2D eigenvalue weighted by Crippen LogP contribution is -2.37. The normalized spacial score (nSPS) is 17.8. The quantitative estimate of drug-likeness (QED) is 0.0528. The number of hydrogen-bond donors (Lipinski definition) is 1. The molecule has 3 aliphatic heterocycles. The van der Waals surface area contributed by atoms with Gasteiger partial charge in [0.05, 0.1) is 21.5 Å². The minimum absolute atomic E-state index is 0.00202. The number of sulfonamides is 1. The van der Waals surface area contributed by atoms with Crippen LogP contribution in [0, 0.1) is 0 Å². The van der Waals surface area contributed by atoms with Crippen LogP contribution in [0.4, 0.5) is 11.4 Å². The average molecular weight is 960 g/mol. The molecule has 0 aliphatic carbocycles. The van der Waals surface area contributed by atoms with Crippen molar-refractivity contribution >= 4 is 92.6 Å². The molecule has 3 heterocycles. The predicted octanol–water partition coefficient (Wildman–Crippen LogP) is 5.21. The lowest BCUT2D eigenvalue weighted by Gasteiger charge is -2.27. The number of hydrogen-bond acceptors (Lipinski definition) is 14. The monoisotopic (exact) mass is 959 g/mol. The van der Waals surface area contributed by atoms with Crippen molar-refractivity contribution in [3.63, 3.8) is 0 Å². The molecule has 1 saturated heterocycles. The second-order valence-electron chi connectivity index (χ2n) is 17.4. The van der Waals surface area contributed by atoms with Crippen molar-refractivity contribution in [3.05, 3.63) is 108 Å². The second kappa shape index (κ2) is 17.6. The van der Waals surface area contributed by atoms with Gasteiger partial charge in [0, 0.05) is 60.3 Å². The average Bonchev–Trinajstić information content (AvgIpc) is 3.73. The molecule has 0 aromatic heterocycles. The fraction of sp³-hybridized carbons (Fsp3) is 0.326. The van der Waals surface area contributed by atoms with E-state index in [1.165, 1.54) is 24.3 Å². The molecule has 66 heavy (non-hydrogen) atoms. The van der Waals surface area contributed by atoms with Crippen molar-refractivity contribution in [2.75, 3.05) is 24.2 Å². The number of unbranched alkanes of at least 4 members (excludes halogenated alkanes) is 2. The zero-order chi connectivity index (χ0) is 48.1. The number of imide groups is 1. The van der Waals surface area contributed by atoms with Gasteiger partial charge in [0.15, 0.2) is 5.71 Å². The van der Waals surface area contributed by atoms with E-state index in [0.29, 0.717) is 58.4 Å². The highest BCUT2D eigenvalue weighted by Crippen LogP contribution is 2.51. The summed E-state index contributed by atoms with van der Waals surface area (Å²) in [7, 11) is -13.3. The van der Waals surface area contributed by atoms with E-state index in [1.54, 1.807) is 53.1 Å². The van der Waals surface area contributed by atoms with E-state index < -0.39 is 69.7 Å². The second-order valence-corrected chi connectivity index (χ2v) is 21.9. The molecular formula is C46H47N4O13S3-. The number of carbonyl (C=O) groups excluding carboxylic acids is 4. The number of anilines is 1. The van der Waals surface area contributed by atoms with Crippen LogP contribution in [0.1, 0.15) is 77.3 Å². The molecule has 1 N–H and O–H groups in total. The zero-order valence-corrected chi connectivity index (χ0v) is 39.1. The smallest absolute Gasteiger partial charge is 0.333 e. The molecule has 1 fully saturated rings. The third-order valence-corrected chi connectivity index (χ3v) is 14.3. The minimum Gasteiger partial charge on any atom is -0.744 e. The first-order valence-corrected chi connectivity index (χ1v) is 25.6. The molecule has 0 atom stereocenters. The van der Waals surface area contributed by atoms with Gasteiger partial charge in [0.25, 0.3) is 17.7 Å². The molecule has 7 rings (SSSR count). The van der Waals surface area contributed by atoms with E-state index in [2.05, 4.69) is 4.90 Å². The van der Waals surface area contributed by atoms with E-state index in [0.717, 1.165) is 34.2 Å². The number of benzene rings is 4. The summed E-state index contributed by atoms with van der Waals surface area (Å²) in [6, 6.07) is 15.3. The summed E-state index contributed by atoms with van der Waals surface area (Å²) in [5.74, 6) is -2.57. The lowest BCUT2D eigenvalue weighted by atomic mass is 9.79. The van der Waals surface area contributed by atoms with Crippen LogP contribution in [0.25, 0.3) is 21.5 Å². The van der Waals surface area contributed by atoms with Crippen molar-refractivity contribution in [3.8, 4) is 0 Å². The lowest BCUT2D eigenvalue weighted by molar-refractivity contribution is -0.425. The number of carbonyl (C=O) groups is 4. The van der Waals surface area contributed by atoms with Gasteiger partial charge in [-0.15, -0.1) is 5.06 Å². The Balaban J connectivity index is 1.19. The molecule has 4 aromatic carbocycles. The fourth-order valence-electron chi connectivity index (χ4n) is 9.13. The van der Waals surface area contributed by atoms with Crippen molar-refractivity contribution < 1.29 is 63.0 Å². The Morgan fingerprint density at radius 3 is 1.94 bits per heavy atom. The summed E-state index contributed by atoms with van der Waals surface area (Å²) in [5.41, 5.74) is 3.11. The number of nitrogens with zero attached hydrogens (tertiary/aromatic N) is 3. The van der Waals surface area contributed by atoms with Crippen LogP contribution >= 0.6 is 0 Å². The van der Waals surface area contributed by atoms with Gasteiger partial charge >= 0.3 is 5.97 Å². The molecule has 0 radical (unpaired) electrons. The predicted molar refractivity (Wildman–Crippen MR) is 242 cm³/mol. The standard InChI is InChI=1S/C46H48N4O13S3/c1-45(2)37(48(25-11-7-10-14-42(54)63-50-40(52)23-24-41(50)53)35-21-15-29-26-31(65(57,58)59)17-19-33(29)43(35)45)12-8-6-9-13-38-46(3,4)44-34-20-18-32(66(60,61)62)27-30(34)16-22-36(44)49(38)28-39(51)47-64(5,55)56/h6,8-9,12-13,15-22,26-27H,7,10-11,14,23-25,28H2,1-5H3,(H2-,47,51,57,58,59,60,61,62)/p-1. The SMILES string of the molecule is CC1(C)C(/C=C/C=C/C=C2/N(CCCCCC(=O)ON3C(=O)CCC3=O)c3ccc4cc(S(=O)(=O)[O-])ccc4c3C2(C)C)=[N+](CC(=O)NS(C)(=O)=O)c2ccc3cc(S(=O)(=O)[O-])ccc3c21. The minimum atomic E-state index is -4.74. The highest BCUT2D eigenvalue weighted by molar-refractivity contribution is 7.89. The Hall–Kier alpha value is -6.06. The number of rotatable bonds is 15. The summed E-state index contributed by atoms with van der Waals surface area (Å²) in [6.45, 7) is 8.03. The first-order valence-electron chi connectivity index (χ1n) is 20.9. The van der Waals surface area contributed by atoms with Gasteiger partial charge in [-0.05, 0) is 96.3 Å². The van der Waals surface area contributed by atoms with E-state index in [-0.39, 0.29) is 30.7 Å². The zero-order valence-electron chi connectivity index (χ0n) is 36.7. The van der Waals surface area contributed by atoms with Crippen LogP contribution in [0.15, 0.2) is 107 Å². The van der Waals surface area contributed by atoms with E-state index in [4.69, 9.17) is 4.84 Å². The first-order chi connectivity index (χ1) is 30.8. The summed E-state index contributed by atoms with van der Waals surface area (Å²) >= 11 is 0. The molecule has 4 aromatic rings. The van der Waals surface area contributed by atoms with Crippen molar-refractivity contribution in [2.45, 2.75) is 86.8 Å². The molecule has 3 amide bonds. The van der Waals surface area contributed by atoms with Gasteiger partial charge in [-0.25, -0.2) is 34.8 Å². The summed E-state index contributed by atoms with van der Waals surface area (Å²) in [5, 5.41) is 2.98. The largest absolute Gasteiger partial charge is 0.744 e. The fourth-order valence-corrected chi connectivity index (χ4v) is 10.6. The molecule has 0 bridgehead atoms. The summed E-state index contributed by atoms with van der Waals surface area (Å²) in [6.07, 6.45) is 11.7. The molecule has 0 saturated carbocycles. The Labute approximate surface area is 382 Å². The van der Waals surface area contributed by atoms with Crippen LogP contribution in [0.3, 0.4) is 0 Å². The van der Waals surface area contributed by atoms with Gasteiger partial charge in [0.1, 0.15) is 20.2 Å². The van der Waals surface area contributed by atoms with E-state index >= 15 is 0 Å². The number of hydroxylamine groups is 2. The molecular weight excluding hydrogens is 913 g/mol. The third-order valence-electron chi connectivity index (χ3n) is 12.0. The molecule has 0 spiro atoms. The maximum Gasteiger partial charge on any atom is 0.333 e. The maximum absolute atomic E-state index is 13.1. The van der Waals surface area contributed by atoms with E-state index in [1.807, 2.05) is 50.6 Å². The molecule has 3 aliphatic rings. The number of fused-ring (bicyclic) bond motifs is 6. The Kier molecular flexibility index (Phi) is 12.8. The molecule has 348 valence electrons. The van der Waals surface area contributed by atoms with Crippen LogP contribution in [-0.2, 0) is 65.1 Å². The van der Waals surface area contributed by atoms with Crippen LogP contribution in [0.2, 0.25) is 0 Å². The number of nitrogens with one attached hydrogen (secondary N) is 1. The number of amides is 3. The van der Waals surface area contributed by atoms with Crippen molar-refractivity contribution in [2.24, 2.45) is 0 Å². The topological polar surface area (TPSA) is 248 Å². The van der Waals surface area contributed by atoms with Gasteiger partial charge in [-0.2, -0.15) is 4.58 Å². The molecule has 17 nitrogen and oxygen atoms in total.